The van der Waals surface area contributed by atoms with Crippen LogP contribution in [0.4, 0.5) is 0 Å². The Morgan fingerprint density at radius 2 is 2.42 bits per heavy atom. The van der Waals surface area contributed by atoms with Crippen molar-refractivity contribution in [3.63, 3.8) is 0 Å². The third kappa shape index (κ3) is 0.902. The van der Waals surface area contributed by atoms with E-state index in [-0.39, 0.29) is 0 Å². The molecule has 0 unspecified atom stereocenters. The summed E-state index contributed by atoms with van der Waals surface area (Å²) < 4.78 is 1.50. The van der Waals surface area contributed by atoms with Crippen molar-refractivity contribution >= 4 is 22.6 Å². The quantitative estimate of drug-likeness (QED) is 0.641. The fourth-order valence-electron chi connectivity index (χ4n) is 1.03. The average Bonchev–Trinajstić information content (AvgIpc) is 2.28. The molecule has 0 fully saturated rings. The molecule has 1 N–H and O–H groups in total. The summed E-state index contributed by atoms with van der Waals surface area (Å²) in [5.74, 6) is 0. The number of rotatable bonds is 0. The molecule has 2 aromatic rings. The number of H-pyrrole nitrogens is 1. The second kappa shape index (κ2) is 2.31. The fourth-order valence-corrected chi connectivity index (χ4v) is 1.28. The van der Waals surface area contributed by atoms with Crippen LogP contribution >= 0.6 is 11.6 Å². The van der Waals surface area contributed by atoms with Crippen molar-refractivity contribution in [1.82, 2.24) is 19.7 Å². The van der Waals surface area contributed by atoms with Gasteiger partial charge in [-0.2, -0.15) is 5.10 Å². The first-order chi connectivity index (χ1) is 5.68. The number of aryl methyl sites for hydroxylation is 1. The molecule has 0 aliphatic heterocycles. The summed E-state index contributed by atoms with van der Waals surface area (Å²) in [6, 6.07) is 0. The molecular formula is C6H5ClN4O. The van der Waals surface area contributed by atoms with Gasteiger partial charge < -0.3 is 0 Å². The topological polar surface area (TPSA) is 63.6 Å². The van der Waals surface area contributed by atoms with E-state index in [0.29, 0.717) is 16.2 Å². The summed E-state index contributed by atoms with van der Waals surface area (Å²) in [6.45, 7) is 0. The van der Waals surface area contributed by atoms with Crippen LogP contribution in [-0.2, 0) is 7.05 Å². The molecule has 0 amide bonds. The van der Waals surface area contributed by atoms with Gasteiger partial charge in [-0.05, 0) is 0 Å². The van der Waals surface area contributed by atoms with Crippen LogP contribution in [0.5, 0.6) is 0 Å². The minimum absolute atomic E-state index is 0.344. The second-order valence-electron chi connectivity index (χ2n) is 2.37. The molecule has 0 saturated carbocycles. The standard InChI is InChI=1S/C6H5ClN4O/c1-11-5-3(4(7)10-11)2-8-6(12)9-5/h2H,1H3,(H,8,9,12). The zero-order valence-corrected chi connectivity index (χ0v) is 6.96. The maximum Gasteiger partial charge on any atom is 0.346 e. The second-order valence-corrected chi connectivity index (χ2v) is 2.72. The van der Waals surface area contributed by atoms with E-state index in [1.165, 1.54) is 10.9 Å². The summed E-state index contributed by atoms with van der Waals surface area (Å²) in [5.41, 5.74) is 0.183. The Morgan fingerprint density at radius 3 is 3.17 bits per heavy atom. The van der Waals surface area contributed by atoms with E-state index >= 15 is 0 Å². The van der Waals surface area contributed by atoms with E-state index in [1.54, 1.807) is 7.05 Å². The van der Waals surface area contributed by atoms with Gasteiger partial charge in [0.1, 0.15) is 5.65 Å². The number of aromatic amines is 1. The highest BCUT2D eigenvalue weighted by atomic mass is 35.5. The van der Waals surface area contributed by atoms with Crippen LogP contribution in [0.1, 0.15) is 0 Å². The largest absolute Gasteiger partial charge is 0.346 e. The molecule has 2 rings (SSSR count). The maximum atomic E-state index is 10.8. The number of halogens is 1. The molecule has 0 saturated heterocycles. The summed E-state index contributed by atoms with van der Waals surface area (Å²) >= 11 is 5.74. The minimum atomic E-state index is -0.401. The molecule has 2 aromatic heterocycles. The first-order valence-electron chi connectivity index (χ1n) is 3.26. The van der Waals surface area contributed by atoms with Crippen LogP contribution in [-0.4, -0.2) is 19.7 Å². The molecule has 0 aliphatic carbocycles. The Labute approximate surface area is 72.0 Å². The number of aromatic nitrogens is 4. The lowest BCUT2D eigenvalue weighted by Crippen LogP contribution is -2.09. The van der Waals surface area contributed by atoms with Gasteiger partial charge in [0.05, 0.1) is 5.39 Å². The van der Waals surface area contributed by atoms with Crippen molar-refractivity contribution in [2.75, 3.05) is 0 Å². The summed E-state index contributed by atoms with van der Waals surface area (Å²) in [5, 5.41) is 4.90. The normalized spacial score (nSPS) is 10.8. The average molecular weight is 185 g/mol. The van der Waals surface area contributed by atoms with Crippen LogP contribution in [0.15, 0.2) is 11.0 Å². The molecule has 0 bridgehead atoms. The van der Waals surface area contributed by atoms with Gasteiger partial charge in [-0.1, -0.05) is 11.6 Å². The van der Waals surface area contributed by atoms with E-state index < -0.39 is 5.69 Å². The lowest BCUT2D eigenvalue weighted by molar-refractivity contribution is 0.783. The summed E-state index contributed by atoms with van der Waals surface area (Å²) in [6.07, 6.45) is 1.41. The predicted molar refractivity (Wildman–Crippen MR) is 44.1 cm³/mol. The highest BCUT2D eigenvalue weighted by Crippen LogP contribution is 2.17. The van der Waals surface area contributed by atoms with Gasteiger partial charge in [0.2, 0.25) is 0 Å². The highest BCUT2D eigenvalue weighted by Gasteiger charge is 2.06. The Kier molecular flexibility index (Phi) is 1.41. The van der Waals surface area contributed by atoms with E-state index in [0.717, 1.165) is 0 Å². The Bertz CT molecular complexity index is 486. The van der Waals surface area contributed by atoms with Crippen molar-refractivity contribution in [2.24, 2.45) is 7.05 Å². The molecule has 5 nitrogen and oxygen atoms in total. The van der Waals surface area contributed by atoms with E-state index in [9.17, 15) is 4.79 Å². The van der Waals surface area contributed by atoms with Crippen LogP contribution in [0, 0.1) is 0 Å². The highest BCUT2D eigenvalue weighted by molar-refractivity contribution is 6.34. The summed E-state index contributed by atoms with van der Waals surface area (Å²) in [4.78, 5) is 16.9. The predicted octanol–water partition coefficient (Wildman–Crippen LogP) is 0.310. The molecule has 6 heteroatoms. The van der Waals surface area contributed by atoms with Gasteiger partial charge in [-0.25, -0.2) is 9.78 Å². The minimum Gasteiger partial charge on any atom is -0.290 e. The molecule has 12 heavy (non-hydrogen) atoms. The Hall–Kier alpha value is -1.36. The molecule has 0 radical (unpaired) electrons. The van der Waals surface area contributed by atoms with Gasteiger partial charge >= 0.3 is 5.69 Å². The fraction of sp³-hybridized carbons (Fsp3) is 0.167. The molecule has 2 heterocycles. The van der Waals surface area contributed by atoms with Gasteiger partial charge in [0.15, 0.2) is 5.15 Å². The molecular weight excluding hydrogens is 180 g/mol. The Balaban J connectivity index is 3.00. The van der Waals surface area contributed by atoms with Crippen LogP contribution in [0.2, 0.25) is 5.15 Å². The Morgan fingerprint density at radius 1 is 1.67 bits per heavy atom. The number of hydrogen-bond acceptors (Lipinski definition) is 3. The first kappa shape index (κ1) is 7.30. The lowest BCUT2D eigenvalue weighted by atomic mass is 10.4. The third-order valence-electron chi connectivity index (χ3n) is 1.58. The van der Waals surface area contributed by atoms with Gasteiger partial charge in [-0.3, -0.25) is 9.67 Å². The smallest absolute Gasteiger partial charge is 0.290 e. The van der Waals surface area contributed by atoms with Crippen molar-refractivity contribution in [3.8, 4) is 0 Å². The van der Waals surface area contributed by atoms with E-state index in [4.69, 9.17) is 11.6 Å². The van der Waals surface area contributed by atoms with E-state index in [2.05, 4.69) is 15.1 Å². The van der Waals surface area contributed by atoms with Crippen LogP contribution < -0.4 is 5.69 Å². The van der Waals surface area contributed by atoms with E-state index in [1.807, 2.05) is 0 Å². The maximum absolute atomic E-state index is 10.8. The third-order valence-corrected chi connectivity index (χ3v) is 1.85. The van der Waals surface area contributed by atoms with Crippen molar-refractivity contribution in [3.05, 3.63) is 21.8 Å². The number of hydrogen-bond donors (Lipinski definition) is 1. The van der Waals surface area contributed by atoms with Gasteiger partial charge in [0.25, 0.3) is 0 Å². The van der Waals surface area contributed by atoms with Crippen molar-refractivity contribution < 1.29 is 0 Å². The molecule has 0 aromatic carbocycles. The van der Waals surface area contributed by atoms with Crippen molar-refractivity contribution in [2.45, 2.75) is 0 Å². The number of nitrogens with one attached hydrogen (secondary N) is 1. The van der Waals surface area contributed by atoms with Crippen molar-refractivity contribution in [1.29, 1.82) is 0 Å². The van der Waals surface area contributed by atoms with Crippen LogP contribution in [0.25, 0.3) is 11.0 Å². The molecule has 62 valence electrons. The molecule has 0 atom stereocenters. The first-order valence-corrected chi connectivity index (χ1v) is 3.64. The monoisotopic (exact) mass is 184 g/mol. The molecule has 0 aliphatic rings. The van der Waals surface area contributed by atoms with Gasteiger partial charge in [-0.15, -0.1) is 0 Å². The number of fused-ring (bicyclic) bond motifs is 1. The summed E-state index contributed by atoms with van der Waals surface area (Å²) in [7, 11) is 1.70. The zero-order valence-electron chi connectivity index (χ0n) is 6.21. The van der Waals surface area contributed by atoms with Gasteiger partial charge in [0, 0.05) is 13.2 Å². The molecule has 0 spiro atoms. The zero-order chi connectivity index (χ0) is 8.72. The lowest BCUT2D eigenvalue weighted by Gasteiger charge is -1.89. The SMILES string of the molecule is Cn1nc(Cl)c2cnc(=O)[nH]c21. The van der Waals surface area contributed by atoms with Crippen LogP contribution in [0.3, 0.4) is 0 Å². The number of nitrogens with zero attached hydrogens (tertiary/aromatic N) is 3.